The number of rotatable bonds is 7. The van der Waals surface area contributed by atoms with Crippen molar-refractivity contribution in [2.24, 2.45) is 5.92 Å². The summed E-state index contributed by atoms with van der Waals surface area (Å²) < 4.78 is 5.73. The molecule has 30 heavy (non-hydrogen) atoms. The number of aromatic nitrogens is 1. The van der Waals surface area contributed by atoms with Crippen LogP contribution in [0, 0.1) is 5.92 Å². The third-order valence-corrected chi connectivity index (χ3v) is 6.68. The first-order valence-corrected chi connectivity index (χ1v) is 11.2. The summed E-state index contributed by atoms with van der Waals surface area (Å²) in [6.07, 6.45) is 12.1. The lowest BCUT2D eigenvalue weighted by Gasteiger charge is -2.22. The Labute approximate surface area is 177 Å². The van der Waals surface area contributed by atoms with Gasteiger partial charge in [0.25, 0.3) is 0 Å². The fourth-order valence-corrected chi connectivity index (χ4v) is 5.05. The Kier molecular flexibility index (Phi) is 5.39. The molecule has 0 N–H and O–H groups in total. The van der Waals surface area contributed by atoms with Crippen molar-refractivity contribution in [3.8, 4) is 0 Å². The molecule has 1 saturated carbocycles. The lowest BCUT2D eigenvalue weighted by Crippen LogP contribution is -2.25. The van der Waals surface area contributed by atoms with Crippen molar-refractivity contribution < 1.29 is 9.21 Å². The van der Waals surface area contributed by atoms with E-state index in [9.17, 15) is 4.79 Å². The minimum atomic E-state index is -0.0970. The van der Waals surface area contributed by atoms with Gasteiger partial charge in [-0.15, -0.1) is 0 Å². The van der Waals surface area contributed by atoms with Crippen LogP contribution in [0.25, 0.3) is 16.5 Å². The molecule has 0 saturated heterocycles. The number of benzene rings is 1. The van der Waals surface area contributed by atoms with Gasteiger partial charge in [0, 0.05) is 42.4 Å². The molecule has 1 aliphatic heterocycles. The number of Topliss-reactive ketones (excluding diaryl/α,β-unsaturated/α-hetero) is 1. The molecule has 1 aliphatic carbocycles. The van der Waals surface area contributed by atoms with E-state index in [-0.39, 0.29) is 11.8 Å². The van der Waals surface area contributed by atoms with Crippen molar-refractivity contribution in [3.05, 3.63) is 72.4 Å². The van der Waals surface area contributed by atoms with E-state index < -0.39 is 0 Å². The van der Waals surface area contributed by atoms with Gasteiger partial charge in [0.05, 0.1) is 17.9 Å². The fourth-order valence-electron chi connectivity index (χ4n) is 5.05. The van der Waals surface area contributed by atoms with Crippen molar-refractivity contribution in [1.82, 2.24) is 9.88 Å². The molecule has 1 aromatic carbocycles. The van der Waals surface area contributed by atoms with Gasteiger partial charge < -0.3 is 9.32 Å². The predicted molar refractivity (Wildman–Crippen MR) is 119 cm³/mol. The van der Waals surface area contributed by atoms with E-state index in [1.54, 1.807) is 6.26 Å². The zero-order valence-electron chi connectivity index (χ0n) is 17.3. The Morgan fingerprint density at radius 3 is 2.87 bits per heavy atom. The maximum absolute atomic E-state index is 13.3. The molecule has 2 aromatic heterocycles. The van der Waals surface area contributed by atoms with Gasteiger partial charge in [0.2, 0.25) is 0 Å². The minimum Gasteiger partial charge on any atom is -0.464 e. The lowest BCUT2D eigenvalue weighted by molar-refractivity contribution is -0.124. The van der Waals surface area contributed by atoms with Gasteiger partial charge in [-0.3, -0.25) is 9.78 Å². The van der Waals surface area contributed by atoms with Gasteiger partial charge in [-0.2, -0.15) is 0 Å². The highest BCUT2D eigenvalue weighted by atomic mass is 16.3. The average molecular weight is 401 g/mol. The van der Waals surface area contributed by atoms with E-state index in [0.29, 0.717) is 5.78 Å². The molecule has 0 spiro atoms. The Morgan fingerprint density at radius 1 is 1.13 bits per heavy atom. The van der Waals surface area contributed by atoms with Crippen LogP contribution in [0.15, 0.2) is 65.5 Å². The summed E-state index contributed by atoms with van der Waals surface area (Å²) >= 11 is 0. The number of para-hydroxylation sites is 1. The van der Waals surface area contributed by atoms with Gasteiger partial charge in [-0.1, -0.05) is 37.1 Å². The van der Waals surface area contributed by atoms with Crippen LogP contribution in [0.1, 0.15) is 55.7 Å². The molecule has 1 unspecified atom stereocenters. The number of carbonyl (C=O) groups is 1. The van der Waals surface area contributed by atoms with Crippen LogP contribution in [0.4, 0.5) is 0 Å². The number of ketones is 1. The molecule has 154 valence electrons. The molecule has 1 fully saturated rings. The molecule has 0 amide bonds. The zero-order chi connectivity index (χ0) is 20.3. The largest absolute Gasteiger partial charge is 0.464 e. The summed E-state index contributed by atoms with van der Waals surface area (Å²) in [6.45, 7) is 1.86. The highest BCUT2D eigenvalue weighted by Gasteiger charge is 2.31. The molecular weight excluding hydrogens is 372 g/mol. The standard InChI is InChI=1S/C26H28N2O2/c29-25(19-6-1-2-7-19)23(24-10-3-4-14-27-24)12-16-28-15-11-21(18-28)22-9-5-8-20-13-17-30-26(20)22/h3-5,8-10,13-14,17-19,23H,1-2,6-7,11-12,15-16H2. The topological polar surface area (TPSA) is 46.3 Å². The van der Waals surface area contributed by atoms with Crippen LogP contribution in [0.3, 0.4) is 0 Å². The van der Waals surface area contributed by atoms with Crippen LogP contribution in [-0.2, 0) is 4.79 Å². The number of furan rings is 1. The summed E-state index contributed by atoms with van der Waals surface area (Å²) in [4.78, 5) is 20.2. The highest BCUT2D eigenvalue weighted by molar-refractivity contribution is 5.90. The molecular formula is C26H28N2O2. The molecule has 4 heteroatoms. The molecule has 1 atom stereocenters. The van der Waals surface area contributed by atoms with Gasteiger partial charge in [-0.05, 0) is 49.5 Å². The second-order valence-electron chi connectivity index (χ2n) is 8.56. The van der Waals surface area contributed by atoms with Gasteiger partial charge in [0.1, 0.15) is 11.4 Å². The minimum absolute atomic E-state index is 0.0970. The average Bonchev–Trinajstić information content (AvgIpc) is 3.55. The Bertz CT molecular complexity index is 1050. The quantitative estimate of drug-likeness (QED) is 0.502. The monoisotopic (exact) mass is 400 g/mol. The zero-order valence-corrected chi connectivity index (χ0v) is 17.3. The smallest absolute Gasteiger partial charge is 0.145 e. The fraction of sp³-hybridized carbons (Fsp3) is 0.385. The number of hydrogen-bond acceptors (Lipinski definition) is 4. The Hall–Kier alpha value is -2.88. The SMILES string of the molecule is O=C(C1CCCC1)C(CCN1C=C(c2cccc3ccoc23)CC1)c1ccccn1. The summed E-state index contributed by atoms with van der Waals surface area (Å²) in [5.74, 6) is 0.522. The number of carbonyl (C=O) groups excluding carboxylic acids is 1. The van der Waals surface area contributed by atoms with Crippen LogP contribution >= 0.6 is 0 Å². The summed E-state index contributed by atoms with van der Waals surface area (Å²) in [6, 6.07) is 14.3. The second-order valence-corrected chi connectivity index (χ2v) is 8.56. The third-order valence-electron chi connectivity index (χ3n) is 6.68. The van der Waals surface area contributed by atoms with E-state index in [2.05, 4.69) is 34.3 Å². The maximum Gasteiger partial charge on any atom is 0.145 e. The van der Waals surface area contributed by atoms with E-state index in [4.69, 9.17) is 4.42 Å². The predicted octanol–water partition coefficient (Wildman–Crippen LogP) is 5.81. The molecule has 5 rings (SSSR count). The number of fused-ring (bicyclic) bond motifs is 1. The summed E-state index contributed by atoms with van der Waals surface area (Å²) in [5, 5.41) is 1.14. The molecule has 0 bridgehead atoms. The first-order valence-electron chi connectivity index (χ1n) is 11.2. The number of hydrogen-bond donors (Lipinski definition) is 0. The number of pyridine rings is 1. The lowest BCUT2D eigenvalue weighted by atomic mass is 9.86. The first-order chi connectivity index (χ1) is 14.8. The van der Waals surface area contributed by atoms with Crippen LogP contribution in [0.2, 0.25) is 0 Å². The van der Waals surface area contributed by atoms with Crippen LogP contribution < -0.4 is 0 Å². The molecule has 2 aliphatic rings. The summed E-state index contributed by atoms with van der Waals surface area (Å²) in [7, 11) is 0. The van der Waals surface area contributed by atoms with Crippen molar-refractivity contribution in [2.45, 2.75) is 44.4 Å². The normalized spacial score (nSPS) is 18.1. The van der Waals surface area contributed by atoms with Gasteiger partial charge in [-0.25, -0.2) is 0 Å². The summed E-state index contributed by atoms with van der Waals surface area (Å²) in [5.41, 5.74) is 4.39. The van der Waals surface area contributed by atoms with Crippen molar-refractivity contribution in [2.75, 3.05) is 13.1 Å². The van der Waals surface area contributed by atoms with E-state index in [1.807, 2.05) is 30.5 Å². The number of nitrogens with zero attached hydrogens (tertiary/aromatic N) is 2. The van der Waals surface area contributed by atoms with E-state index >= 15 is 0 Å². The molecule has 4 nitrogen and oxygen atoms in total. The van der Waals surface area contributed by atoms with E-state index in [0.717, 1.165) is 55.4 Å². The van der Waals surface area contributed by atoms with Crippen LogP contribution in [-0.4, -0.2) is 28.8 Å². The molecule has 0 radical (unpaired) electrons. The first kappa shape index (κ1) is 19.1. The molecule has 3 aromatic rings. The van der Waals surface area contributed by atoms with Crippen molar-refractivity contribution >= 4 is 22.3 Å². The van der Waals surface area contributed by atoms with Crippen LogP contribution in [0.5, 0.6) is 0 Å². The highest BCUT2D eigenvalue weighted by Crippen LogP contribution is 2.34. The molecule has 3 heterocycles. The van der Waals surface area contributed by atoms with E-state index in [1.165, 1.54) is 24.0 Å². The Morgan fingerprint density at radius 2 is 2.03 bits per heavy atom. The van der Waals surface area contributed by atoms with Crippen molar-refractivity contribution in [3.63, 3.8) is 0 Å². The van der Waals surface area contributed by atoms with Gasteiger partial charge in [0.15, 0.2) is 0 Å². The second kappa shape index (κ2) is 8.47. The Balaban J connectivity index is 1.32. The third kappa shape index (κ3) is 3.79. The van der Waals surface area contributed by atoms with Crippen molar-refractivity contribution in [1.29, 1.82) is 0 Å². The van der Waals surface area contributed by atoms with Gasteiger partial charge >= 0.3 is 0 Å². The maximum atomic E-state index is 13.3.